The fourth-order valence-corrected chi connectivity index (χ4v) is 2.21. The maximum atomic E-state index is 11.2. The van der Waals surface area contributed by atoms with Crippen LogP contribution < -0.4 is 4.18 Å². The van der Waals surface area contributed by atoms with E-state index in [4.69, 9.17) is 11.6 Å². The Morgan fingerprint density at radius 1 is 1.38 bits per heavy atom. The maximum Gasteiger partial charge on any atom is 0.312 e. The lowest BCUT2D eigenvalue weighted by Crippen LogP contribution is -2.15. The second-order valence-corrected chi connectivity index (χ2v) is 4.83. The summed E-state index contributed by atoms with van der Waals surface area (Å²) in [4.78, 5) is 9.85. The van der Waals surface area contributed by atoms with Gasteiger partial charge in [-0.25, -0.2) is 0 Å². The highest BCUT2D eigenvalue weighted by molar-refractivity contribution is 7.87. The van der Waals surface area contributed by atoms with Crippen molar-refractivity contribution >= 4 is 27.4 Å². The van der Waals surface area contributed by atoms with Gasteiger partial charge in [-0.3, -0.25) is 10.1 Å². The van der Waals surface area contributed by atoms with E-state index in [1.165, 1.54) is 18.2 Å². The summed E-state index contributed by atoms with van der Waals surface area (Å²) in [5, 5.41) is 10.6. The highest BCUT2D eigenvalue weighted by Crippen LogP contribution is 2.27. The van der Waals surface area contributed by atoms with Gasteiger partial charge in [0.25, 0.3) is 0 Å². The number of alkyl halides is 1. The van der Waals surface area contributed by atoms with Crippen molar-refractivity contribution in [3.63, 3.8) is 0 Å². The van der Waals surface area contributed by atoms with Gasteiger partial charge in [0.15, 0.2) is 0 Å². The van der Waals surface area contributed by atoms with Gasteiger partial charge < -0.3 is 4.18 Å². The highest BCUT2D eigenvalue weighted by Gasteiger charge is 2.20. The maximum absolute atomic E-state index is 11.2. The van der Waals surface area contributed by atoms with E-state index in [9.17, 15) is 18.5 Å². The van der Waals surface area contributed by atoms with Crippen molar-refractivity contribution in [2.75, 3.05) is 11.6 Å². The van der Waals surface area contributed by atoms with E-state index in [-0.39, 0.29) is 11.6 Å². The lowest BCUT2D eigenvalue weighted by molar-refractivity contribution is -0.385. The van der Waals surface area contributed by atoms with Gasteiger partial charge >= 0.3 is 15.8 Å². The van der Waals surface area contributed by atoms with E-state index in [1.807, 2.05) is 0 Å². The molecule has 0 atom stereocenters. The zero-order valence-electron chi connectivity index (χ0n) is 8.00. The van der Waals surface area contributed by atoms with Gasteiger partial charge in [-0.15, -0.1) is 11.6 Å². The van der Waals surface area contributed by atoms with Crippen molar-refractivity contribution in [3.05, 3.63) is 34.4 Å². The van der Waals surface area contributed by atoms with Crippen LogP contribution in [0.25, 0.3) is 0 Å². The first-order valence-corrected chi connectivity index (χ1v) is 6.29. The molecule has 0 saturated heterocycles. The van der Waals surface area contributed by atoms with E-state index in [0.29, 0.717) is 0 Å². The molecular weight excluding hydrogens is 258 g/mol. The van der Waals surface area contributed by atoms with E-state index >= 15 is 0 Å². The van der Waals surface area contributed by atoms with Crippen LogP contribution in [-0.4, -0.2) is 25.0 Å². The number of hydrogen-bond acceptors (Lipinski definition) is 5. The van der Waals surface area contributed by atoms with Crippen LogP contribution in [0.1, 0.15) is 0 Å². The van der Waals surface area contributed by atoms with Gasteiger partial charge in [0, 0.05) is 11.9 Å². The number of rotatable bonds is 5. The summed E-state index contributed by atoms with van der Waals surface area (Å²) in [7, 11) is -3.88. The molecule has 0 N–H and O–H groups in total. The second kappa shape index (κ2) is 5.13. The first-order chi connectivity index (χ1) is 7.46. The Kier molecular flexibility index (Phi) is 4.08. The molecule has 0 heterocycles. The molecule has 0 fully saturated rings. The number of halogens is 1. The predicted octanol–water partition coefficient (Wildman–Crippen LogP) is 1.54. The molecule has 16 heavy (non-hydrogen) atoms. The molecular formula is C8H8ClNO5S. The third-order valence-electron chi connectivity index (χ3n) is 1.61. The minimum absolute atomic E-state index is 0.136. The molecule has 1 aromatic rings. The van der Waals surface area contributed by atoms with Crippen LogP contribution in [0.4, 0.5) is 5.69 Å². The van der Waals surface area contributed by atoms with Gasteiger partial charge in [0.2, 0.25) is 5.75 Å². The first kappa shape index (κ1) is 12.7. The molecule has 0 spiro atoms. The summed E-state index contributed by atoms with van der Waals surface area (Å²) in [5.74, 6) is -0.846. The van der Waals surface area contributed by atoms with Crippen molar-refractivity contribution in [2.45, 2.75) is 0 Å². The predicted molar refractivity (Wildman–Crippen MR) is 58.2 cm³/mol. The van der Waals surface area contributed by atoms with Gasteiger partial charge in [0.05, 0.1) is 10.7 Å². The Hall–Kier alpha value is -1.34. The molecule has 1 rings (SSSR count). The third-order valence-corrected chi connectivity index (χ3v) is 3.16. The van der Waals surface area contributed by atoms with E-state index in [0.717, 1.165) is 6.07 Å². The standard InChI is InChI=1S/C8H8ClNO5S/c9-5-6-16(13,14)15-8-4-2-1-3-7(8)10(11)12/h1-4H,5-6H2. The van der Waals surface area contributed by atoms with Crippen molar-refractivity contribution in [1.82, 2.24) is 0 Å². The van der Waals surface area contributed by atoms with E-state index in [2.05, 4.69) is 4.18 Å². The van der Waals surface area contributed by atoms with E-state index < -0.39 is 26.5 Å². The molecule has 6 nitrogen and oxygen atoms in total. The minimum atomic E-state index is -3.88. The fraction of sp³-hybridized carbons (Fsp3) is 0.250. The van der Waals surface area contributed by atoms with Gasteiger partial charge in [0.1, 0.15) is 0 Å². The average Bonchev–Trinajstić information content (AvgIpc) is 2.17. The molecule has 88 valence electrons. The van der Waals surface area contributed by atoms with Crippen LogP contribution in [-0.2, 0) is 10.1 Å². The molecule has 0 aliphatic heterocycles. The molecule has 0 bridgehead atoms. The van der Waals surface area contributed by atoms with Gasteiger partial charge in [-0.2, -0.15) is 8.42 Å². The fourth-order valence-electron chi connectivity index (χ4n) is 0.951. The molecule has 0 saturated carbocycles. The second-order valence-electron chi connectivity index (χ2n) is 2.76. The Balaban J connectivity index is 3.02. The minimum Gasteiger partial charge on any atom is -0.375 e. The van der Waals surface area contributed by atoms with Crippen LogP contribution in [0.5, 0.6) is 5.75 Å². The lowest BCUT2D eigenvalue weighted by atomic mass is 10.3. The summed E-state index contributed by atoms with van der Waals surface area (Å²) in [6.07, 6.45) is 0. The quantitative estimate of drug-likeness (QED) is 0.349. The van der Waals surface area contributed by atoms with Gasteiger partial charge in [-0.05, 0) is 6.07 Å². The molecule has 0 aliphatic carbocycles. The molecule has 0 amide bonds. The van der Waals surface area contributed by atoms with Crippen LogP contribution in [0.3, 0.4) is 0 Å². The zero-order valence-corrected chi connectivity index (χ0v) is 9.57. The van der Waals surface area contributed by atoms with Crippen molar-refractivity contribution in [3.8, 4) is 5.75 Å². The van der Waals surface area contributed by atoms with Crippen LogP contribution in [0.15, 0.2) is 24.3 Å². The van der Waals surface area contributed by atoms with Gasteiger partial charge in [-0.1, -0.05) is 12.1 Å². The van der Waals surface area contributed by atoms with Crippen LogP contribution in [0, 0.1) is 10.1 Å². The Labute approximate surface area is 97.1 Å². The number of para-hydroxylation sites is 2. The summed E-state index contributed by atoms with van der Waals surface area (Å²) in [6, 6.07) is 5.23. The SMILES string of the molecule is O=[N+]([O-])c1ccccc1OS(=O)(=O)CCCl. The molecule has 1 aromatic carbocycles. The Morgan fingerprint density at radius 3 is 2.56 bits per heavy atom. The molecule has 0 unspecified atom stereocenters. The monoisotopic (exact) mass is 265 g/mol. The van der Waals surface area contributed by atoms with Crippen molar-refractivity contribution in [2.24, 2.45) is 0 Å². The first-order valence-electron chi connectivity index (χ1n) is 4.18. The molecule has 0 aromatic heterocycles. The number of nitro benzene ring substituents is 1. The molecule has 8 heteroatoms. The Bertz CT molecular complexity index is 487. The summed E-state index contributed by atoms with van der Waals surface area (Å²) in [5.41, 5.74) is -0.402. The number of nitro groups is 1. The summed E-state index contributed by atoms with van der Waals surface area (Å²) in [6.45, 7) is 0. The summed E-state index contributed by atoms with van der Waals surface area (Å²) < 4.78 is 27.1. The normalized spacial score (nSPS) is 11.1. The number of benzene rings is 1. The highest BCUT2D eigenvalue weighted by atomic mass is 35.5. The van der Waals surface area contributed by atoms with Crippen LogP contribution in [0.2, 0.25) is 0 Å². The number of hydrogen-bond donors (Lipinski definition) is 0. The largest absolute Gasteiger partial charge is 0.375 e. The topological polar surface area (TPSA) is 86.5 Å². The van der Waals surface area contributed by atoms with Crippen LogP contribution >= 0.6 is 11.6 Å². The zero-order chi connectivity index (χ0) is 12.2. The van der Waals surface area contributed by atoms with Crippen molar-refractivity contribution in [1.29, 1.82) is 0 Å². The van der Waals surface area contributed by atoms with E-state index in [1.54, 1.807) is 0 Å². The average molecular weight is 266 g/mol. The molecule has 0 aliphatic rings. The number of nitrogens with zero attached hydrogens (tertiary/aromatic N) is 1. The summed E-state index contributed by atoms with van der Waals surface area (Å²) >= 11 is 5.26. The third kappa shape index (κ3) is 3.35. The lowest BCUT2D eigenvalue weighted by Gasteiger charge is -2.05. The molecule has 0 radical (unpaired) electrons. The Morgan fingerprint density at radius 2 is 2.00 bits per heavy atom. The smallest absolute Gasteiger partial charge is 0.312 e. The van der Waals surface area contributed by atoms with Crippen molar-refractivity contribution < 1.29 is 17.5 Å².